The van der Waals surface area contributed by atoms with Crippen molar-refractivity contribution in [2.24, 2.45) is 0 Å². The molecule has 0 spiro atoms. The third-order valence-corrected chi connectivity index (χ3v) is 5.75. The zero-order valence-corrected chi connectivity index (χ0v) is 18.4. The van der Waals surface area contributed by atoms with Crippen LogP contribution in [0.4, 0.5) is 10.5 Å². The van der Waals surface area contributed by atoms with Crippen molar-refractivity contribution in [3.05, 3.63) is 29.3 Å². The van der Waals surface area contributed by atoms with E-state index in [1.54, 1.807) is 0 Å². The van der Waals surface area contributed by atoms with Crippen LogP contribution in [0.3, 0.4) is 0 Å². The minimum atomic E-state index is -0.201. The molecule has 3 amide bonds. The highest BCUT2D eigenvalue weighted by molar-refractivity contribution is 5.85. The summed E-state index contributed by atoms with van der Waals surface area (Å²) in [6, 6.07) is 6.23. The van der Waals surface area contributed by atoms with E-state index in [9.17, 15) is 9.59 Å². The Bertz CT molecular complexity index is 724. The summed E-state index contributed by atoms with van der Waals surface area (Å²) in [5.41, 5.74) is 3.66. The Balaban J connectivity index is 0.00000280. The molecule has 0 aromatic heterocycles. The van der Waals surface area contributed by atoms with Crippen molar-refractivity contribution in [2.45, 2.75) is 52.6 Å². The van der Waals surface area contributed by atoms with Crippen LogP contribution in [-0.2, 0) is 4.79 Å². The minimum Gasteiger partial charge on any atom is -0.368 e. The molecule has 0 aliphatic carbocycles. The van der Waals surface area contributed by atoms with Crippen LogP contribution < -0.4 is 10.2 Å². The first-order chi connectivity index (χ1) is 12.7. The smallest absolute Gasteiger partial charge is 0.317 e. The normalized spacial score (nSPS) is 20.2. The molecule has 0 radical (unpaired) electrons. The van der Waals surface area contributed by atoms with Gasteiger partial charge in [0.25, 0.3) is 0 Å². The van der Waals surface area contributed by atoms with E-state index in [4.69, 9.17) is 0 Å². The lowest BCUT2D eigenvalue weighted by atomic mass is 10.1. The van der Waals surface area contributed by atoms with Gasteiger partial charge in [0.15, 0.2) is 0 Å². The number of carbonyl (C=O) groups is 2. The molecule has 2 fully saturated rings. The van der Waals surface area contributed by atoms with Crippen molar-refractivity contribution < 1.29 is 9.59 Å². The van der Waals surface area contributed by atoms with Gasteiger partial charge in [-0.05, 0) is 51.8 Å². The highest BCUT2D eigenvalue weighted by Gasteiger charge is 2.37. The van der Waals surface area contributed by atoms with Crippen molar-refractivity contribution in [3.8, 4) is 0 Å². The third-order valence-electron chi connectivity index (χ3n) is 5.75. The molecule has 0 bridgehead atoms. The Kier molecular flexibility index (Phi) is 6.86. The van der Waals surface area contributed by atoms with Gasteiger partial charge in [0.05, 0.1) is 6.04 Å². The summed E-state index contributed by atoms with van der Waals surface area (Å²) in [6.07, 6.45) is 0.394. The average molecular weight is 409 g/mol. The number of nitrogens with zero attached hydrogens (tertiary/aromatic N) is 3. The summed E-state index contributed by atoms with van der Waals surface area (Å²) in [6.45, 7) is 14.0. The summed E-state index contributed by atoms with van der Waals surface area (Å²) in [7, 11) is 0. The fourth-order valence-electron chi connectivity index (χ4n) is 3.95. The number of rotatable bonds is 2. The van der Waals surface area contributed by atoms with Crippen LogP contribution in [0.15, 0.2) is 18.2 Å². The fourth-order valence-corrected chi connectivity index (χ4v) is 3.95. The third kappa shape index (κ3) is 4.72. The molecule has 7 heteroatoms. The highest BCUT2D eigenvalue weighted by Crippen LogP contribution is 2.24. The maximum absolute atomic E-state index is 12.6. The number of halogens is 1. The number of hydrogen-bond acceptors (Lipinski definition) is 3. The monoisotopic (exact) mass is 408 g/mol. The van der Waals surface area contributed by atoms with Crippen molar-refractivity contribution in [1.82, 2.24) is 15.1 Å². The largest absolute Gasteiger partial charge is 0.368 e. The molecule has 1 N–H and O–H groups in total. The number of likely N-dealkylation sites (tertiary alicyclic amines) is 1. The molecular formula is C21H33ClN4O2. The molecule has 2 heterocycles. The molecule has 1 atom stereocenters. The number of carbonyl (C=O) groups excluding carboxylic acids is 2. The topological polar surface area (TPSA) is 55.9 Å². The average Bonchev–Trinajstić information content (AvgIpc) is 2.98. The van der Waals surface area contributed by atoms with Crippen LogP contribution >= 0.6 is 12.4 Å². The molecule has 0 saturated carbocycles. The fraction of sp³-hybridized carbons (Fsp3) is 0.619. The minimum absolute atomic E-state index is 0. The molecule has 2 saturated heterocycles. The number of anilines is 1. The number of benzene rings is 1. The first-order valence-corrected chi connectivity index (χ1v) is 9.84. The van der Waals surface area contributed by atoms with Gasteiger partial charge in [-0.2, -0.15) is 0 Å². The van der Waals surface area contributed by atoms with Crippen molar-refractivity contribution >= 4 is 30.0 Å². The number of piperazine rings is 1. The molecular weight excluding hydrogens is 376 g/mol. The van der Waals surface area contributed by atoms with Crippen molar-refractivity contribution in [1.29, 1.82) is 0 Å². The lowest BCUT2D eigenvalue weighted by Gasteiger charge is -2.37. The van der Waals surface area contributed by atoms with E-state index in [1.807, 2.05) is 30.6 Å². The zero-order chi connectivity index (χ0) is 19.8. The van der Waals surface area contributed by atoms with Crippen LogP contribution in [0.5, 0.6) is 0 Å². The number of nitrogens with one attached hydrogen (secondary N) is 1. The van der Waals surface area contributed by atoms with Gasteiger partial charge in [0.2, 0.25) is 5.91 Å². The van der Waals surface area contributed by atoms with Crippen molar-refractivity contribution in [2.75, 3.05) is 37.6 Å². The van der Waals surface area contributed by atoms with Crippen LogP contribution in [0.25, 0.3) is 0 Å². The zero-order valence-electron chi connectivity index (χ0n) is 17.6. The van der Waals surface area contributed by atoms with Gasteiger partial charge in [-0.3, -0.25) is 4.79 Å². The number of aryl methyl sites for hydroxylation is 1. The Labute approximate surface area is 174 Å². The van der Waals surface area contributed by atoms with Gasteiger partial charge in [-0.1, -0.05) is 12.1 Å². The summed E-state index contributed by atoms with van der Waals surface area (Å²) < 4.78 is 0. The van der Waals surface area contributed by atoms with E-state index in [0.29, 0.717) is 26.1 Å². The van der Waals surface area contributed by atoms with E-state index in [2.05, 4.69) is 42.3 Å². The molecule has 1 aromatic carbocycles. The van der Waals surface area contributed by atoms with Crippen LogP contribution in [0, 0.1) is 13.8 Å². The number of hydrogen-bond donors (Lipinski definition) is 1. The molecule has 156 valence electrons. The van der Waals surface area contributed by atoms with Gasteiger partial charge in [0, 0.05) is 50.4 Å². The maximum Gasteiger partial charge on any atom is 0.317 e. The molecule has 2 aliphatic heterocycles. The highest BCUT2D eigenvalue weighted by atomic mass is 35.5. The van der Waals surface area contributed by atoms with Gasteiger partial charge >= 0.3 is 6.03 Å². The van der Waals surface area contributed by atoms with Crippen LogP contribution in [-0.4, -0.2) is 66.0 Å². The summed E-state index contributed by atoms with van der Waals surface area (Å²) in [4.78, 5) is 30.9. The van der Waals surface area contributed by atoms with E-state index < -0.39 is 0 Å². The number of amides is 3. The van der Waals surface area contributed by atoms with E-state index in [1.165, 1.54) is 16.8 Å². The summed E-state index contributed by atoms with van der Waals surface area (Å²) >= 11 is 0. The SMILES string of the molecule is Cc1cccc(N2CCN(C(=O)NC3CC(=O)N(C(C)(C)C)C3)CC2)c1C.Cl. The van der Waals surface area contributed by atoms with Gasteiger partial charge in [0.1, 0.15) is 0 Å². The summed E-state index contributed by atoms with van der Waals surface area (Å²) in [5.74, 6) is 0.118. The Morgan fingerprint density at radius 3 is 2.32 bits per heavy atom. The molecule has 6 nitrogen and oxygen atoms in total. The van der Waals surface area contributed by atoms with Gasteiger partial charge < -0.3 is 20.0 Å². The van der Waals surface area contributed by atoms with Gasteiger partial charge in [-0.25, -0.2) is 4.79 Å². The van der Waals surface area contributed by atoms with E-state index in [0.717, 1.165) is 13.1 Å². The van der Waals surface area contributed by atoms with Gasteiger partial charge in [-0.15, -0.1) is 12.4 Å². The maximum atomic E-state index is 12.6. The number of urea groups is 1. The van der Waals surface area contributed by atoms with E-state index >= 15 is 0 Å². The lowest BCUT2D eigenvalue weighted by molar-refractivity contribution is -0.131. The molecule has 1 aromatic rings. The molecule has 1 unspecified atom stereocenters. The standard InChI is InChI=1S/C21H32N4O2.ClH/c1-15-7-6-8-18(16(15)2)23-9-11-24(12-10-23)20(27)22-17-13-19(26)25(14-17)21(3,4)5;/h6-8,17H,9-14H2,1-5H3,(H,22,27);1H. The molecule has 3 rings (SSSR count). The first kappa shape index (κ1) is 22.3. The summed E-state index contributed by atoms with van der Waals surface area (Å²) in [5, 5.41) is 3.06. The van der Waals surface area contributed by atoms with E-state index in [-0.39, 0.29) is 35.9 Å². The van der Waals surface area contributed by atoms with Crippen LogP contribution in [0.1, 0.15) is 38.3 Å². The van der Waals surface area contributed by atoms with Crippen LogP contribution in [0.2, 0.25) is 0 Å². The first-order valence-electron chi connectivity index (χ1n) is 9.84. The van der Waals surface area contributed by atoms with Crippen molar-refractivity contribution in [3.63, 3.8) is 0 Å². The second kappa shape index (κ2) is 8.60. The molecule has 28 heavy (non-hydrogen) atoms. The lowest BCUT2D eigenvalue weighted by Crippen LogP contribution is -2.54. The molecule has 2 aliphatic rings. The predicted molar refractivity (Wildman–Crippen MR) is 115 cm³/mol. The quantitative estimate of drug-likeness (QED) is 0.818. The Hall–Kier alpha value is -1.95. The Morgan fingerprint density at radius 1 is 1.11 bits per heavy atom. The Morgan fingerprint density at radius 2 is 1.75 bits per heavy atom. The second-order valence-electron chi connectivity index (χ2n) is 8.72. The predicted octanol–water partition coefficient (Wildman–Crippen LogP) is 2.96. The second-order valence-corrected chi connectivity index (χ2v) is 8.72.